The number of halogens is 1. The van der Waals surface area contributed by atoms with Gasteiger partial charge in [0.2, 0.25) is 0 Å². The van der Waals surface area contributed by atoms with E-state index >= 15 is 0 Å². The van der Waals surface area contributed by atoms with E-state index in [1.165, 1.54) is 0 Å². The van der Waals surface area contributed by atoms with Crippen molar-refractivity contribution >= 4 is 27.6 Å². The lowest BCUT2D eigenvalue weighted by Gasteiger charge is -2.07. The van der Waals surface area contributed by atoms with Gasteiger partial charge in [0.15, 0.2) is 0 Å². The molecule has 0 aliphatic heterocycles. The predicted octanol–water partition coefficient (Wildman–Crippen LogP) is 3.07. The molecule has 0 fully saturated rings. The maximum Gasteiger partial charge on any atom is 0.319 e. The molecular weight excluding hydrogens is 256 g/mol. The van der Waals surface area contributed by atoms with Crippen molar-refractivity contribution in [1.29, 1.82) is 0 Å². The number of nitrogens with one attached hydrogen (secondary N) is 2. The van der Waals surface area contributed by atoms with Crippen LogP contribution in [0.15, 0.2) is 35.3 Å². The first-order valence-corrected chi connectivity index (χ1v) is 5.34. The highest BCUT2D eigenvalue weighted by molar-refractivity contribution is 9.10. The molecule has 0 aromatic heterocycles. The van der Waals surface area contributed by atoms with Crippen LogP contribution < -0.4 is 10.6 Å². The van der Waals surface area contributed by atoms with E-state index in [0.29, 0.717) is 6.54 Å². The van der Waals surface area contributed by atoms with Gasteiger partial charge in [-0.3, -0.25) is 0 Å². The number of urea groups is 1. The molecule has 1 rings (SSSR count). The largest absolute Gasteiger partial charge is 0.334 e. The molecule has 0 bridgehead atoms. The van der Waals surface area contributed by atoms with Crippen molar-refractivity contribution in [3.05, 3.63) is 40.9 Å². The van der Waals surface area contributed by atoms with Crippen LogP contribution in [-0.2, 0) is 0 Å². The minimum Gasteiger partial charge on any atom is -0.334 e. The van der Waals surface area contributed by atoms with Crippen molar-refractivity contribution in [2.45, 2.75) is 6.92 Å². The summed E-state index contributed by atoms with van der Waals surface area (Å²) in [6, 6.07) is 5.43. The highest BCUT2D eigenvalue weighted by atomic mass is 79.9. The third kappa shape index (κ3) is 3.75. The number of carbonyl (C=O) groups excluding carboxylic acids is 1. The zero-order chi connectivity index (χ0) is 11.3. The monoisotopic (exact) mass is 268 g/mol. The molecule has 0 radical (unpaired) electrons. The van der Waals surface area contributed by atoms with E-state index in [1.807, 2.05) is 25.1 Å². The first-order chi connectivity index (χ1) is 7.13. The molecule has 0 atom stereocenters. The van der Waals surface area contributed by atoms with Gasteiger partial charge in [-0.05, 0) is 24.6 Å². The summed E-state index contributed by atoms with van der Waals surface area (Å²) in [4.78, 5) is 11.3. The van der Waals surface area contributed by atoms with Crippen molar-refractivity contribution in [1.82, 2.24) is 5.32 Å². The highest BCUT2D eigenvalue weighted by Crippen LogP contribution is 2.20. The fourth-order valence-corrected chi connectivity index (χ4v) is 1.39. The van der Waals surface area contributed by atoms with Crippen molar-refractivity contribution in [3.8, 4) is 0 Å². The molecule has 0 saturated heterocycles. The molecule has 2 N–H and O–H groups in total. The third-order valence-electron chi connectivity index (χ3n) is 1.84. The van der Waals surface area contributed by atoms with Gasteiger partial charge in [-0.15, -0.1) is 6.58 Å². The summed E-state index contributed by atoms with van der Waals surface area (Å²) >= 11 is 3.40. The molecule has 1 aromatic rings. The maximum absolute atomic E-state index is 11.3. The Morgan fingerprint density at radius 3 is 2.93 bits per heavy atom. The molecule has 1 aromatic carbocycles. The topological polar surface area (TPSA) is 41.1 Å². The predicted molar refractivity (Wildman–Crippen MR) is 66.1 cm³/mol. The van der Waals surface area contributed by atoms with Gasteiger partial charge in [0, 0.05) is 16.7 Å². The van der Waals surface area contributed by atoms with Crippen LogP contribution in [-0.4, -0.2) is 12.6 Å². The van der Waals surface area contributed by atoms with E-state index in [2.05, 4.69) is 33.1 Å². The van der Waals surface area contributed by atoms with Crippen LogP contribution in [0.4, 0.5) is 10.5 Å². The number of amides is 2. The lowest BCUT2D eigenvalue weighted by atomic mass is 10.2. The number of hydrogen-bond acceptors (Lipinski definition) is 1. The van der Waals surface area contributed by atoms with E-state index < -0.39 is 0 Å². The SMILES string of the molecule is C=CCNC(=O)Nc1ccc(C)c(Br)c1. The van der Waals surface area contributed by atoms with Gasteiger partial charge in [0.1, 0.15) is 0 Å². The van der Waals surface area contributed by atoms with E-state index in [1.54, 1.807) is 6.08 Å². The lowest BCUT2D eigenvalue weighted by molar-refractivity contribution is 0.253. The Labute approximate surface area is 97.7 Å². The number of rotatable bonds is 3. The Balaban J connectivity index is 2.60. The second-order valence-electron chi connectivity index (χ2n) is 3.09. The summed E-state index contributed by atoms with van der Waals surface area (Å²) in [6.07, 6.45) is 1.63. The molecule has 4 heteroatoms. The highest BCUT2D eigenvalue weighted by Gasteiger charge is 2.01. The average Bonchev–Trinajstić information content (AvgIpc) is 2.20. The standard InChI is InChI=1S/C11H13BrN2O/c1-3-6-13-11(15)14-9-5-4-8(2)10(12)7-9/h3-5,7H,1,6H2,2H3,(H2,13,14,15). The maximum atomic E-state index is 11.3. The van der Waals surface area contributed by atoms with E-state index in [4.69, 9.17) is 0 Å². The zero-order valence-corrected chi connectivity index (χ0v) is 10.1. The van der Waals surface area contributed by atoms with E-state index in [-0.39, 0.29) is 6.03 Å². The number of aryl methyl sites for hydroxylation is 1. The van der Waals surface area contributed by atoms with Crippen LogP contribution in [0, 0.1) is 6.92 Å². The van der Waals surface area contributed by atoms with Crippen molar-refractivity contribution in [2.24, 2.45) is 0 Å². The van der Waals surface area contributed by atoms with Crippen molar-refractivity contribution in [2.75, 3.05) is 11.9 Å². The van der Waals surface area contributed by atoms with Crippen molar-refractivity contribution in [3.63, 3.8) is 0 Å². The lowest BCUT2D eigenvalue weighted by Crippen LogP contribution is -2.28. The molecule has 0 saturated carbocycles. The van der Waals surface area contributed by atoms with Crippen LogP contribution in [0.3, 0.4) is 0 Å². The average molecular weight is 269 g/mol. The van der Waals surface area contributed by atoms with Crippen LogP contribution >= 0.6 is 15.9 Å². The van der Waals surface area contributed by atoms with E-state index in [0.717, 1.165) is 15.7 Å². The molecule has 0 spiro atoms. The molecule has 3 nitrogen and oxygen atoms in total. The van der Waals surface area contributed by atoms with Crippen LogP contribution in [0.5, 0.6) is 0 Å². The molecule has 2 amide bonds. The van der Waals surface area contributed by atoms with Crippen LogP contribution in [0.1, 0.15) is 5.56 Å². The minimum absolute atomic E-state index is 0.231. The second kappa shape index (κ2) is 5.56. The Hall–Kier alpha value is -1.29. The van der Waals surface area contributed by atoms with Gasteiger partial charge in [-0.25, -0.2) is 4.79 Å². The Morgan fingerprint density at radius 1 is 1.60 bits per heavy atom. The van der Waals surface area contributed by atoms with Gasteiger partial charge in [-0.1, -0.05) is 28.1 Å². The minimum atomic E-state index is -0.231. The Morgan fingerprint density at radius 2 is 2.33 bits per heavy atom. The van der Waals surface area contributed by atoms with Crippen LogP contribution in [0.25, 0.3) is 0 Å². The van der Waals surface area contributed by atoms with Gasteiger partial charge < -0.3 is 10.6 Å². The number of anilines is 1. The first-order valence-electron chi connectivity index (χ1n) is 4.55. The fraction of sp³-hybridized carbons (Fsp3) is 0.182. The van der Waals surface area contributed by atoms with E-state index in [9.17, 15) is 4.79 Å². The van der Waals surface area contributed by atoms with Gasteiger partial charge in [0.05, 0.1) is 0 Å². The molecule has 0 aliphatic rings. The summed E-state index contributed by atoms with van der Waals surface area (Å²) in [7, 11) is 0. The van der Waals surface area contributed by atoms with Crippen LogP contribution in [0.2, 0.25) is 0 Å². The molecule has 15 heavy (non-hydrogen) atoms. The molecule has 0 aliphatic carbocycles. The van der Waals surface area contributed by atoms with Crippen molar-refractivity contribution < 1.29 is 4.79 Å². The summed E-state index contributed by atoms with van der Waals surface area (Å²) in [5.41, 5.74) is 1.89. The summed E-state index contributed by atoms with van der Waals surface area (Å²) < 4.78 is 0.976. The van der Waals surface area contributed by atoms with Gasteiger partial charge in [0.25, 0.3) is 0 Å². The summed E-state index contributed by atoms with van der Waals surface area (Å²) in [6.45, 7) is 5.96. The second-order valence-corrected chi connectivity index (χ2v) is 3.94. The number of carbonyl (C=O) groups is 1. The normalized spacial score (nSPS) is 9.47. The zero-order valence-electron chi connectivity index (χ0n) is 8.51. The summed E-state index contributed by atoms with van der Waals surface area (Å²) in [5, 5.41) is 5.35. The number of hydrogen-bond donors (Lipinski definition) is 2. The smallest absolute Gasteiger partial charge is 0.319 e. The molecule has 0 heterocycles. The molecular formula is C11H13BrN2O. The fourth-order valence-electron chi connectivity index (χ4n) is 1.01. The summed E-state index contributed by atoms with van der Waals surface area (Å²) in [5.74, 6) is 0. The quantitative estimate of drug-likeness (QED) is 0.813. The van der Waals surface area contributed by atoms with Gasteiger partial charge >= 0.3 is 6.03 Å². The third-order valence-corrected chi connectivity index (χ3v) is 2.69. The molecule has 0 unspecified atom stereocenters. The van der Waals surface area contributed by atoms with Gasteiger partial charge in [-0.2, -0.15) is 0 Å². The first kappa shape index (κ1) is 11.8. The Kier molecular flexibility index (Phi) is 4.37. The molecule has 80 valence electrons. The Bertz CT molecular complexity index is 377. The number of benzene rings is 1.